The monoisotopic (exact) mass is 278 g/mol. The summed E-state index contributed by atoms with van der Waals surface area (Å²) in [5.74, 6) is 0.727. The van der Waals surface area contributed by atoms with E-state index in [9.17, 15) is 9.59 Å². The standard InChI is InChI=1S/C14H18N2O4/c1-8(15)14(18)16(3)9(2)13(17)10-4-5-11-12(6-10)20-7-19-11/h4-6,8-9H,7,15H2,1-3H3. The first-order valence-corrected chi connectivity index (χ1v) is 6.38. The molecule has 0 saturated carbocycles. The van der Waals surface area contributed by atoms with Crippen molar-refractivity contribution in [2.24, 2.45) is 5.73 Å². The zero-order valence-corrected chi connectivity index (χ0v) is 11.8. The predicted octanol–water partition coefficient (Wildman–Crippen LogP) is 0.792. The van der Waals surface area contributed by atoms with E-state index in [4.69, 9.17) is 15.2 Å². The molecular formula is C14H18N2O4. The molecule has 0 saturated heterocycles. The van der Waals surface area contributed by atoms with Crippen LogP contribution in [0.1, 0.15) is 24.2 Å². The molecule has 1 aromatic rings. The number of ketones is 1. The van der Waals surface area contributed by atoms with Gasteiger partial charge in [-0.1, -0.05) is 0 Å². The quantitative estimate of drug-likeness (QED) is 0.823. The molecule has 0 spiro atoms. The number of carbonyl (C=O) groups is 2. The Morgan fingerprint density at radius 2 is 1.90 bits per heavy atom. The highest BCUT2D eigenvalue weighted by atomic mass is 16.7. The van der Waals surface area contributed by atoms with Gasteiger partial charge in [-0.3, -0.25) is 9.59 Å². The van der Waals surface area contributed by atoms with E-state index in [-0.39, 0.29) is 18.5 Å². The normalized spacial score (nSPS) is 15.6. The number of ether oxygens (including phenoxy) is 2. The first-order chi connectivity index (χ1) is 9.41. The summed E-state index contributed by atoms with van der Waals surface area (Å²) in [6.45, 7) is 3.43. The number of hydrogen-bond donors (Lipinski definition) is 1. The minimum Gasteiger partial charge on any atom is -0.454 e. The van der Waals surface area contributed by atoms with Crippen molar-refractivity contribution < 1.29 is 19.1 Å². The molecule has 0 fully saturated rings. The number of Topliss-reactive ketones (excluding diaryl/α,β-unsaturated/α-hetero) is 1. The topological polar surface area (TPSA) is 81.9 Å². The Balaban J connectivity index is 2.16. The van der Waals surface area contributed by atoms with Gasteiger partial charge in [-0.15, -0.1) is 0 Å². The lowest BCUT2D eigenvalue weighted by Crippen LogP contribution is -2.47. The minimum absolute atomic E-state index is 0.158. The van der Waals surface area contributed by atoms with E-state index in [1.54, 1.807) is 39.1 Å². The molecule has 1 aliphatic heterocycles. The number of carbonyl (C=O) groups excluding carboxylic acids is 2. The Morgan fingerprint density at radius 1 is 1.25 bits per heavy atom. The minimum atomic E-state index is -0.632. The number of rotatable bonds is 4. The molecule has 2 unspecified atom stereocenters. The zero-order valence-electron chi connectivity index (χ0n) is 11.8. The van der Waals surface area contributed by atoms with E-state index in [1.165, 1.54) is 4.90 Å². The summed E-state index contributed by atoms with van der Waals surface area (Å²) in [5.41, 5.74) is 6.03. The van der Waals surface area contributed by atoms with Gasteiger partial charge in [-0.25, -0.2) is 0 Å². The lowest BCUT2D eigenvalue weighted by Gasteiger charge is -2.25. The van der Waals surface area contributed by atoms with Crippen LogP contribution < -0.4 is 15.2 Å². The Labute approximate surface area is 117 Å². The summed E-state index contributed by atoms with van der Waals surface area (Å²) >= 11 is 0. The van der Waals surface area contributed by atoms with Gasteiger partial charge in [-0.2, -0.15) is 0 Å². The van der Waals surface area contributed by atoms with Gasteiger partial charge >= 0.3 is 0 Å². The maximum Gasteiger partial charge on any atom is 0.239 e. The molecule has 2 N–H and O–H groups in total. The average Bonchev–Trinajstić information content (AvgIpc) is 2.91. The second-order valence-electron chi connectivity index (χ2n) is 4.85. The number of benzene rings is 1. The predicted molar refractivity (Wildman–Crippen MR) is 72.8 cm³/mol. The fraction of sp³-hybridized carbons (Fsp3) is 0.429. The summed E-state index contributed by atoms with van der Waals surface area (Å²) in [7, 11) is 1.57. The molecular weight excluding hydrogens is 260 g/mol. The molecule has 0 aromatic heterocycles. The Kier molecular flexibility index (Phi) is 3.94. The Bertz CT molecular complexity index is 542. The van der Waals surface area contributed by atoms with Crippen LogP contribution in [0, 0.1) is 0 Å². The zero-order chi connectivity index (χ0) is 14.9. The van der Waals surface area contributed by atoms with E-state index >= 15 is 0 Å². The van der Waals surface area contributed by atoms with Crippen molar-refractivity contribution in [1.29, 1.82) is 0 Å². The smallest absolute Gasteiger partial charge is 0.239 e. The number of nitrogens with two attached hydrogens (primary N) is 1. The van der Waals surface area contributed by atoms with Crippen LogP contribution in [-0.4, -0.2) is 42.5 Å². The Morgan fingerprint density at radius 3 is 2.55 bits per heavy atom. The fourth-order valence-corrected chi connectivity index (χ4v) is 1.98. The Hall–Kier alpha value is -2.08. The maximum atomic E-state index is 12.4. The van der Waals surface area contributed by atoms with Crippen LogP contribution in [0.3, 0.4) is 0 Å². The average molecular weight is 278 g/mol. The maximum absolute atomic E-state index is 12.4. The molecule has 1 aliphatic rings. The molecule has 1 heterocycles. The third kappa shape index (κ3) is 2.60. The summed E-state index contributed by atoms with van der Waals surface area (Å²) in [5, 5.41) is 0. The second kappa shape index (κ2) is 5.50. The van der Waals surface area contributed by atoms with Crippen LogP contribution in [0.2, 0.25) is 0 Å². The van der Waals surface area contributed by atoms with Gasteiger partial charge in [0.25, 0.3) is 0 Å². The summed E-state index contributed by atoms with van der Waals surface area (Å²) in [6.07, 6.45) is 0. The molecule has 108 valence electrons. The van der Waals surface area contributed by atoms with Crippen molar-refractivity contribution >= 4 is 11.7 Å². The summed E-state index contributed by atoms with van der Waals surface area (Å²) in [4.78, 5) is 25.6. The highest BCUT2D eigenvalue weighted by Crippen LogP contribution is 2.32. The van der Waals surface area contributed by atoms with Crippen LogP contribution in [0.5, 0.6) is 11.5 Å². The number of amides is 1. The van der Waals surface area contributed by atoms with Crippen molar-refractivity contribution in [2.45, 2.75) is 25.9 Å². The number of likely N-dealkylation sites (N-methyl/N-ethyl adjacent to an activating group) is 1. The fourth-order valence-electron chi connectivity index (χ4n) is 1.98. The molecule has 1 aromatic carbocycles. The van der Waals surface area contributed by atoms with E-state index in [0.717, 1.165) is 0 Å². The van der Waals surface area contributed by atoms with Crippen LogP contribution in [0.25, 0.3) is 0 Å². The molecule has 0 radical (unpaired) electrons. The summed E-state index contributed by atoms with van der Waals surface area (Å²) in [6, 6.07) is 3.76. The first kappa shape index (κ1) is 14.3. The van der Waals surface area contributed by atoms with Crippen molar-refractivity contribution in [2.75, 3.05) is 13.8 Å². The van der Waals surface area contributed by atoms with Gasteiger partial charge in [-0.05, 0) is 32.0 Å². The van der Waals surface area contributed by atoms with Crippen LogP contribution in [0.15, 0.2) is 18.2 Å². The van der Waals surface area contributed by atoms with E-state index in [2.05, 4.69) is 0 Å². The lowest BCUT2D eigenvalue weighted by molar-refractivity contribution is -0.131. The first-order valence-electron chi connectivity index (χ1n) is 6.38. The molecule has 6 nitrogen and oxygen atoms in total. The lowest BCUT2D eigenvalue weighted by atomic mass is 10.0. The summed E-state index contributed by atoms with van der Waals surface area (Å²) < 4.78 is 10.4. The third-order valence-corrected chi connectivity index (χ3v) is 3.35. The second-order valence-corrected chi connectivity index (χ2v) is 4.85. The molecule has 6 heteroatoms. The molecule has 20 heavy (non-hydrogen) atoms. The van der Waals surface area contributed by atoms with Crippen LogP contribution in [0.4, 0.5) is 0 Å². The van der Waals surface area contributed by atoms with Crippen molar-refractivity contribution in [3.05, 3.63) is 23.8 Å². The molecule has 0 aliphatic carbocycles. The third-order valence-electron chi connectivity index (χ3n) is 3.35. The molecule has 1 amide bonds. The van der Waals surface area contributed by atoms with Crippen molar-refractivity contribution in [3.63, 3.8) is 0 Å². The SMILES string of the molecule is CC(N)C(=O)N(C)C(C)C(=O)c1ccc2c(c1)OCO2. The highest BCUT2D eigenvalue weighted by molar-refractivity contribution is 6.02. The van der Waals surface area contributed by atoms with E-state index < -0.39 is 12.1 Å². The molecule has 2 rings (SSSR count). The number of fused-ring (bicyclic) bond motifs is 1. The van der Waals surface area contributed by atoms with E-state index in [1.807, 2.05) is 0 Å². The largest absolute Gasteiger partial charge is 0.454 e. The number of nitrogens with zero attached hydrogens (tertiary/aromatic N) is 1. The van der Waals surface area contributed by atoms with Gasteiger partial charge in [0.2, 0.25) is 12.7 Å². The molecule has 0 bridgehead atoms. The van der Waals surface area contributed by atoms with Crippen LogP contribution >= 0.6 is 0 Å². The van der Waals surface area contributed by atoms with Crippen molar-refractivity contribution in [3.8, 4) is 11.5 Å². The van der Waals surface area contributed by atoms with Gasteiger partial charge < -0.3 is 20.1 Å². The highest BCUT2D eigenvalue weighted by Gasteiger charge is 2.26. The van der Waals surface area contributed by atoms with Crippen LogP contribution in [-0.2, 0) is 4.79 Å². The van der Waals surface area contributed by atoms with Gasteiger partial charge in [0, 0.05) is 12.6 Å². The number of hydrogen-bond acceptors (Lipinski definition) is 5. The van der Waals surface area contributed by atoms with Gasteiger partial charge in [0.05, 0.1) is 12.1 Å². The van der Waals surface area contributed by atoms with Gasteiger partial charge in [0.15, 0.2) is 17.3 Å². The van der Waals surface area contributed by atoms with Gasteiger partial charge in [0.1, 0.15) is 0 Å². The van der Waals surface area contributed by atoms with E-state index in [0.29, 0.717) is 17.1 Å². The van der Waals surface area contributed by atoms with Crippen molar-refractivity contribution in [1.82, 2.24) is 4.90 Å². The molecule has 2 atom stereocenters.